The molecule has 58 heavy (non-hydrogen) atoms. The molecule has 6 atom stereocenters. The summed E-state index contributed by atoms with van der Waals surface area (Å²) < 4.78 is 53.9. The first kappa shape index (κ1) is 52.8. The van der Waals surface area contributed by atoms with Crippen molar-refractivity contribution in [3.63, 3.8) is 0 Å². The van der Waals surface area contributed by atoms with Gasteiger partial charge in [0.15, 0.2) is 12.4 Å². The summed E-state index contributed by atoms with van der Waals surface area (Å²) in [7, 11) is -4.62. The van der Waals surface area contributed by atoms with Crippen LogP contribution in [0.25, 0.3) is 0 Å². The van der Waals surface area contributed by atoms with Gasteiger partial charge in [0.1, 0.15) is 36.8 Å². The van der Waals surface area contributed by atoms with E-state index < -0.39 is 71.2 Å². The van der Waals surface area contributed by atoms with Gasteiger partial charge in [0, 0.05) is 12.8 Å². The van der Waals surface area contributed by atoms with Crippen LogP contribution in [0.4, 0.5) is 0 Å². The fraction of sp³-hybridized carbons (Fsp3) is 0.644. The molecule has 0 amide bonds. The highest BCUT2D eigenvalue weighted by Gasteiger charge is 2.46. The van der Waals surface area contributed by atoms with Crippen molar-refractivity contribution in [2.75, 3.05) is 19.0 Å². The summed E-state index contributed by atoms with van der Waals surface area (Å²) in [5, 5.41) is 30.8. The molecule has 13 heteroatoms. The Labute approximate surface area is 348 Å². The highest BCUT2D eigenvalue weighted by molar-refractivity contribution is 7.85. The van der Waals surface area contributed by atoms with Crippen LogP contribution in [0.5, 0.6) is 0 Å². The molecule has 1 heterocycles. The monoisotopic (exact) mass is 836 g/mol. The van der Waals surface area contributed by atoms with Gasteiger partial charge in [0.25, 0.3) is 10.1 Å². The molecule has 0 aromatic rings. The summed E-state index contributed by atoms with van der Waals surface area (Å²) in [6, 6.07) is 0. The largest absolute Gasteiger partial charge is 0.462 e. The predicted molar refractivity (Wildman–Crippen MR) is 228 cm³/mol. The Morgan fingerprint density at radius 1 is 0.621 bits per heavy atom. The molecule has 330 valence electrons. The minimum Gasteiger partial charge on any atom is -0.462 e. The number of esters is 2. The molecule has 3 unspecified atom stereocenters. The number of carbonyl (C=O) groups excluding carboxylic acids is 2. The van der Waals surface area contributed by atoms with E-state index in [9.17, 15) is 37.9 Å². The van der Waals surface area contributed by atoms with E-state index in [2.05, 4.69) is 44.2 Å². The highest BCUT2D eigenvalue weighted by Crippen LogP contribution is 2.24. The first-order valence-corrected chi connectivity index (χ1v) is 22.8. The number of allylic oxidation sites excluding steroid dienone is 14. The zero-order chi connectivity index (χ0) is 42.7. The molecule has 4 N–H and O–H groups in total. The molecule has 1 aliphatic rings. The number of carbonyl (C=O) groups is 2. The van der Waals surface area contributed by atoms with Gasteiger partial charge in [-0.3, -0.25) is 14.1 Å². The lowest BCUT2D eigenvalue weighted by Gasteiger charge is -2.40. The second kappa shape index (κ2) is 34.7. The zero-order valence-electron chi connectivity index (χ0n) is 34.9. The summed E-state index contributed by atoms with van der Waals surface area (Å²) in [6.07, 6.45) is 35.0. The molecule has 0 aliphatic carbocycles. The molecule has 0 aromatic carbocycles. The van der Waals surface area contributed by atoms with Crippen LogP contribution in [-0.4, -0.2) is 96.0 Å². The SMILES string of the molecule is CC/C=C/C=C/C=C/C=C/C=C/CCCC(=O)OC(COC(=O)CCCCCCCCC/C=C/C/C=C/CCCCC)CO[C@H]1O[C@H](CS(=O)(=O)O)[C@@H](O)C(O)C1O. The van der Waals surface area contributed by atoms with E-state index in [1.807, 2.05) is 54.7 Å². The van der Waals surface area contributed by atoms with Gasteiger partial charge in [-0.1, -0.05) is 144 Å². The number of aliphatic hydroxyl groups is 3. The molecule has 1 fully saturated rings. The van der Waals surface area contributed by atoms with Crippen LogP contribution >= 0.6 is 0 Å². The maximum Gasteiger partial charge on any atom is 0.306 e. The van der Waals surface area contributed by atoms with Crippen LogP contribution in [0.1, 0.15) is 129 Å². The maximum absolute atomic E-state index is 12.7. The average Bonchev–Trinajstić information content (AvgIpc) is 3.18. The highest BCUT2D eigenvalue weighted by atomic mass is 32.2. The van der Waals surface area contributed by atoms with Crippen molar-refractivity contribution in [2.45, 2.75) is 166 Å². The van der Waals surface area contributed by atoms with Crippen molar-refractivity contribution in [3.05, 3.63) is 85.1 Å². The first-order valence-electron chi connectivity index (χ1n) is 21.2. The summed E-state index contributed by atoms with van der Waals surface area (Å²) in [5.74, 6) is -2.11. The van der Waals surface area contributed by atoms with Gasteiger partial charge >= 0.3 is 11.9 Å². The van der Waals surface area contributed by atoms with E-state index in [0.29, 0.717) is 19.3 Å². The van der Waals surface area contributed by atoms with Crippen LogP contribution in [-0.2, 0) is 38.7 Å². The van der Waals surface area contributed by atoms with E-state index in [4.69, 9.17) is 18.9 Å². The average molecular weight is 837 g/mol. The van der Waals surface area contributed by atoms with Crippen molar-refractivity contribution in [3.8, 4) is 0 Å². The van der Waals surface area contributed by atoms with Gasteiger partial charge in [-0.25, -0.2) is 0 Å². The quantitative estimate of drug-likeness (QED) is 0.0164. The molecule has 0 spiro atoms. The molecular formula is C45H72O12S. The third-order valence-electron chi connectivity index (χ3n) is 9.09. The van der Waals surface area contributed by atoms with Crippen LogP contribution in [0, 0.1) is 0 Å². The Kier molecular flexibility index (Phi) is 31.6. The Balaban J connectivity index is 2.52. The van der Waals surface area contributed by atoms with Crippen LogP contribution in [0.2, 0.25) is 0 Å². The van der Waals surface area contributed by atoms with Gasteiger partial charge < -0.3 is 34.3 Å². The van der Waals surface area contributed by atoms with Gasteiger partial charge in [0.05, 0.1) is 6.61 Å². The predicted octanol–water partition coefficient (Wildman–Crippen LogP) is 8.11. The number of unbranched alkanes of at least 4 members (excludes halogenated alkanes) is 11. The van der Waals surface area contributed by atoms with Crippen molar-refractivity contribution >= 4 is 22.1 Å². The van der Waals surface area contributed by atoms with E-state index in [1.165, 1.54) is 38.5 Å². The number of rotatable bonds is 33. The number of ether oxygens (including phenoxy) is 4. The second-order valence-corrected chi connectivity index (χ2v) is 15.9. The number of aliphatic hydroxyl groups excluding tert-OH is 3. The molecule has 0 aromatic heterocycles. The van der Waals surface area contributed by atoms with Gasteiger partial charge in [-0.05, 0) is 57.8 Å². The van der Waals surface area contributed by atoms with Crippen LogP contribution in [0.15, 0.2) is 85.1 Å². The molecule has 0 saturated carbocycles. The summed E-state index contributed by atoms with van der Waals surface area (Å²) in [5.41, 5.74) is 0. The van der Waals surface area contributed by atoms with Crippen molar-refractivity contribution in [2.24, 2.45) is 0 Å². The molecule has 1 saturated heterocycles. The minimum absolute atomic E-state index is 0.0614. The Morgan fingerprint density at radius 2 is 1.17 bits per heavy atom. The molecule has 12 nitrogen and oxygen atoms in total. The normalized spacial score (nSPS) is 21.2. The van der Waals surface area contributed by atoms with E-state index in [1.54, 1.807) is 0 Å². The van der Waals surface area contributed by atoms with Crippen molar-refractivity contribution in [1.29, 1.82) is 0 Å². The van der Waals surface area contributed by atoms with Crippen molar-refractivity contribution in [1.82, 2.24) is 0 Å². The summed E-state index contributed by atoms with van der Waals surface area (Å²) >= 11 is 0. The maximum atomic E-state index is 12.7. The van der Waals surface area contributed by atoms with Crippen LogP contribution in [0.3, 0.4) is 0 Å². The number of hydrogen-bond acceptors (Lipinski definition) is 11. The summed E-state index contributed by atoms with van der Waals surface area (Å²) in [6.45, 7) is 3.49. The van der Waals surface area contributed by atoms with Crippen molar-refractivity contribution < 1.29 is 56.8 Å². The van der Waals surface area contributed by atoms with E-state index in [0.717, 1.165) is 44.9 Å². The molecule has 1 aliphatic heterocycles. The fourth-order valence-corrected chi connectivity index (χ4v) is 6.48. The molecule has 0 radical (unpaired) electrons. The lowest BCUT2D eigenvalue weighted by Crippen LogP contribution is -2.60. The third kappa shape index (κ3) is 29.1. The first-order chi connectivity index (χ1) is 28.0. The lowest BCUT2D eigenvalue weighted by atomic mass is 10.00. The second-order valence-electron chi connectivity index (χ2n) is 14.4. The number of hydrogen-bond donors (Lipinski definition) is 4. The topological polar surface area (TPSA) is 186 Å². The zero-order valence-corrected chi connectivity index (χ0v) is 35.7. The van der Waals surface area contributed by atoms with E-state index in [-0.39, 0.29) is 19.4 Å². The third-order valence-corrected chi connectivity index (χ3v) is 9.84. The molecule has 1 rings (SSSR count). The Bertz CT molecular complexity index is 1400. The van der Waals surface area contributed by atoms with Gasteiger partial charge in [-0.2, -0.15) is 8.42 Å². The van der Waals surface area contributed by atoms with Crippen LogP contribution < -0.4 is 0 Å². The standard InChI is InChI=1S/C45H72O12S/c1-3-5-7-9-11-13-15-17-18-19-20-22-23-25-27-29-31-33-40(46)54-35-38(36-55-45-44(50)43(49)42(48)39(57-45)37-58(51,52)53)56-41(47)34-32-30-28-26-24-21-16-14-12-10-8-6-4-2/h6,8,10-14,16-18,21,24,26,28,38-39,42-45,48-50H,3-5,7,9,15,19-20,22-23,25,27,29-37H2,1-2H3,(H,51,52,53)/b8-6+,12-10+,13-11+,16-14+,18-17+,24-21+,28-26+/t38?,39-,42-,43?,44?,45+/m1/s1. The molecule has 0 bridgehead atoms. The van der Waals surface area contributed by atoms with E-state index >= 15 is 0 Å². The van der Waals surface area contributed by atoms with Gasteiger partial charge in [0.2, 0.25) is 0 Å². The summed E-state index contributed by atoms with van der Waals surface area (Å²) in [4.78, 5) is 25.3. The minimum atomic E-state index is -4.62. The lowest BCUT2D eigenvalue weighted by molar-refractivity contribution is -0.297. The Hall–Kier alpha value is -3.17. The van der Waals surface area contributed by atoms with Gasteiger partial charge in [-0.15, -0.1) is 0 Å². The molecular weight excluding hydrogens is 765 g/mol. The fourth-order valence-electron chi connectivity index (χ4n) is 5.79. The Morgan fingerprint density at radius 3 is 1.79 bits per heavy atom. The smallest absolute Gasteiger partial charge is 0.306 e.